The highest BCUT2D eigenvalue weighted by molar-refractivity contribution is 6.33. The molecule has 160 valence electrons. The van der Waals surface area contributed by atoms with E-state index in [0.29, 0.717) is 23.1 Å². The van der Waals surface area contributed by atoms with Crippen molar-refractivity contribution in [3.63, 3.8) is 0 Å². The molecule has 1 amide bonds. The van der Waals surface area contributed by atoms with Crippen LogP contribution in [0.15, 0.2) is 78.9 Å². The Labute approximate surface area is 185 Å². The Morgan fingerprint density at radius 2 is 1.52 bits per heavy atom. The number of carbonyl (C=O) groups excluding carboxylic acids is 2. The third-order valence-electron chi connectivity index (χ3n) is 4.24. The van der Waals surface area contributed by atoms with Crippen molar-refractivity contribution in [1.82, 2.24) is 0 Å². The fraction of sp³-hybridized carbons (Fsp3) is 0.167. The third kappa shape index (κ3) is 6.49. The summed E-state index contributed by atoms with van der Waals surface area (Å²) in [5, 5.41) is 3.04. The van der Waals surface area contributed by atoms with Crippen molar-refractivity contribution in [3.05, 3.63) is 89.4 Å². The molecule has 0 aliphatic carbocycles. The van der Waals surface area contributed by atoms with Crippen LogP contribution in [-0.2, 0) is 9.53 Å². The molecule has 7 heteroatoms. The Kier molecular flexibility index (Phi) is 7.90. The second-order valence-electron chi connectivity index (χ2n) is 6.52. The van der Waals surface area contributed by atoms with Gasteiger partial charge in [0.1, 0.15) is 30.3 Å². The van der Waals surface area contributed by atoms with Crippen molar-refractivity contribution in [2.24, 2.45) is 0 Å². The van der Waals surface area contributed by atoms with Gasteiger partial charge in [-0.3, -0.25) is 4.79 Å². The van der Waals surface area contributed by atoms with Gasteiger partial charge in [-0.05, 0) is 43.3 Å². The molecule has 1 N–H and O–H groups in total. The Balaban J connectivity index is 1.55. The number of ether oxygens (including phenoxy) is 3. The molecule has 1 atom stereocenters. The van der Waals surface area contributed by atoms with Gasteiger partial charge in [-0.1, -0.05) is 54.1 Å². The van der Waals surface area contributed by atoms with Crippen molar-refractivity contribution >= 4 is 29.2 Å². The molecule has 1 unspecified atom stereocenters. The van der Waals surface area contributed by atoms with Gasteiger partial charge in [-0.2, -0.15) is 0 Å². The van der Waals surface area contributed by atoms with Gasteiger partial charge in [0.25, 0.3) is 5.91 Å². The lowest BCUT2D eigenvalue weighted by Gasteiger charge is -2.16. The Bertz CT molecular complexity index is 1030. The molecule has 0 aliphatic heterocycles. The van der Waals surface area contributed by atoms with E-state index in [9.17, 15) is 9.59 Å². The zero-order chi connectivity index (χ0) is 22.1. The van der Waals surface area contributed by atoms with Gasteiger partial charge in [0.2, 0.25) is 0 Å². The van der Waals surface area contributed by atoms with Gasteiger partial charge in [0.15, 0.2) is 6.10 Å². The predicted molar refractivity (Wildman–Crippen MR) is 119 cm³/mol. The van der Waals surface area contributed by atoms with E-state index in [2.05, 4.69) is 5.32 Å². The van der Waals surface area contributed by atoms with Crippen LogP contribution in [-0.4, -0.2) is 31.2 Å². The monoisotopic (exact) mass is 439 g/mol. The van der Waals surface area contributed by atoms with Crippen molar-refractivity contribution in [3.8, 4) is 11.5 Å². The van der Waals surface area contributed by atoms with Gasteiger partial charge >= 0.3 is 5.97 Å². The number of rotatable bonds is 9. The number of nitrogens with one attached hydrogen (secondary N) is 1. The van der Waals surface area contributed by atoms with Gasteiger partial charge in [0, 0.05) is 0 Å². The van der Waals surface area contributed by atoms with E-state index in [-0.39, 0.29) is 12.2 Å². The van der Waals surface area contributed by atoms with Gasteiger partial charge in [-0.15, -0.1) is 0 Å². The van der Waals surface area contributed by atoms with Gasteiger partial charge in [0.05, 0.1) is 10.7 Å². The fourth-order valence-corrected chi connectivity index (χ4v) is 2.85. The second kappa shape index (κ2) is 11.0. The molecule has 0 spiro atoms. The zero-order valence-electron chi connectivity index (χ0n) is 16.9. The minimum absolute atomic E-state index is 0.222. The van der Waals surface area contributed by atoms with E-state index in [1.807, 2.05) is 30.3 Å². The highest BCUT2D eigenvalue weighted by Crippen LogP contribution is 2.22. The summed E-state index contributed by atoms with van der Waals surface area (Å²) < 4.78 is 16.6. The topological polar surface area (TPSA) is 73.9 Å². The maximum Gasteiger partial charge on any atom is 0.342 e. The molecule has 0 aromatic heterocycles. The molecule has 0 bridgehead atoms. The van der Waals surface area contributed by atoms with Crippen molar-refractivity contribution in [2.45, 2.75) is 13.0 Å². The first-order valence-electron chi connectivity index (χ1n) is 9.70. The van der Waals surface area contributed by atoms with E-state index in [0.717, 1.165) is 5.75 Å². The highest BCUT2D eigenvalue weighted by atomic mass is 35.5. The first-order chi connectivity index (χ1) is 15.0. The van der Waals surface area contributed by atoms with E-state index in [4.69, 9.17) is 25.8 Å². The molecular formula is C24H22ClNO5. The number of esters is 1. The molecule has 0 heterocycles. The fourth-order valence-electron chi connectivity index (χ4n) is 2.66. The summed E-state index contributed by atoms with van der Waals surface area (Å²) in [5.41, 5.74) is 0.666. The normalized spacial score (nSPS) is 11.3. The summed E-state index contributed by atoms with van der Waals surface area (Å²) >= 11 is 6.05. The van der Waals surface area contributed by atoms with Crippen LogP contribution in [0.4, 0.5) is 5.69 Å². The molecule has 3 rings (SSSR count). The number of amides is 1. The molecule has 0 saturated heterocycles. The summed E-state index contributed by atoms with van der Waals surface area (Å²) in [6.45, 7) is 2.03. The Morgan fingerprint density at radius 3 is 2.29 bits per heavy atom. The lowest BCUT2D eigenvalue weighted by atomic mass is 10.2. The van der Waals surface area contributed by atoms with Crippen LogP contribution >= 0.6 is 11.6 Å². The summed E-state index contributed by atoms with van der Waals surface area (Å²) in [4.78, 5) is 25.0. The van der Waals surface area contributed by atoms with Crippen molar-refractivity contribution < 1.29 is 23.8 Å². The lowest BCUT2D eigenvalue weighted by Crippen LogP contribution is -2.30. The summed E-state index contributed by atoms with van der Waals surface area (Å²) in [6, 6.07) is 22.9. The smallest absolute Gasteiger partial charge is 0.342 e. The third-order valence-corrected chi connectivity index (χ3v) is 4.57. The van der Waals surface area contributed by atoms with Gasteiger partial charge in [-0.25, -0.2) is 4.79 Å². The molecule has 0 radical (unpaired) electrons. The van der Waals surface area contributed by atoms with Crippen LogP contribution in [0.5, 0.6) is 11.5 Å². The Hall–Kier alpha value is -3.51. The number of carbonyl (C=O) groups is 2. The summed E-state index contributed by atoms with van der Waals surface area (Å²) in [5.74, 6) is -0.0717. The van der Waals surface area contributed by atoms with Crippen molar-refractivity contribution in [2.75, 3.05) is 18.5 Å². The van der Waals surface area contributed by atoms with Crippen LogP contribution in [0.1, 0.15) is 17.3 Å². The maximum atomic E-state index is 12.6. The zero-order valence-corrected chi connectivity index (χ0v) is 17.7. The molecule has 31 heavy (non-hydrogen) atoms. The van der Waals surface area contributed by atoms with E-state index in [1.54, 1.807) is 48.5 Å². The number of benzene rings is 3. The second-order valence-corrected chi connectivity index (χ2v) is 6.93. The molecule has 3 aromatic carbocycles. The highest BCUT2D eigenvalue weighted by Gasteiger charge is 2.22. The number of para-hydroxylation sites is 3. The number of anilines is 1. The largest absolute Gasteiger partial charge is 0.490 e. The van der Waals surface area contributed by atoms with Crippen LogP contribution in [0.3, 0.4) is 0 Å². The van der Waals surface area contributed by atoms with Crippen LogP contribution in [0.2, 0.25) is 5.02 Å². The Morgan fingerprint density at radius 1 is 0.871 bits per heavy atom. The van der Waals surface area contributed by atoms with E-state index < -0.39 is 18.0 Å². The SMILES string of the molecule is CC(OC(=O)c1ccccc1OCCOc1ccccc1)C(=O)Nc1ccccc1Cl. The average molecular weight is 440 g/mol. The molecular weight excluding hydrogens is 418 g/mol. The molecule has 0 aliphatic rings. The van der Waals surface area contributed by atoms with Gasteiger partial charge < -0.3 is 19.5 Å². The lowest BCUT2D eigenvalue weighted by molar-refractivity contribution is -0.123. The van der Waals surface area contributed by atoms with E-state index in [1.165, 1.54) is 6.92 Å². The van der Waals surface area contributed by atoms with E-state index >= 15 is 0 Å². The quantitative estimate of drug-likeness (QED) is 0.376. The number of hydrogen-bond acceptors (Lipinski definition) is 5. The first kappa shape index (κ1) is 22.2. The van der Waals surface area contributed by atoms with Crippen LogP contribution in [0, 0.1) is 0 Å². The minimum Gasteiger partial charge on any atom is -0.490 e. The number of halogens is 1. The first-order valence-corrected chi connectivity index (χ1v) is 10.1. The van der Waals surface area contributed by atoms with Crippen LogP contribution in [0.25, 0.3) is 0 Å². The predicted octanol–water partition coefficient (Wildman–Crippen LogP) is 4.98. The summed E-state index contributed by atoms with van der Waals surface area (Å²) in [7, 11) is 0. The summed E-state index contributed by atoms with van der Waals surface area (Å²) in [6.07, 6.45) is -1.03. The molecule has 0 fully saturated rings. The standard InChI is InChI=1S/C24H22ClNO5/c1-17(23(27)26-21-13-7-6-12-20(21)25)31-24(28)19-11-5-8-14-22(19)30-16-15-29-18-9-3-2-4-10-18/h2-14,17H,15-16H2,1H3,(H,26,27). The molecule has 3 aromatic rings. The average Bonchev–Trinajstić information content (AvgIpc) is 2.79. The molecule has 6 nitrogen and oxygen atoms in total. The maximum absolute atomic E-state index is 12.6. The molecule has 0 saturated carbocycles. The van der Waals surface area contributed by atoms with Crippen LogP contribution < -0.4 is 14.8 Å². The minimum atomic E-state index is -1.03. The number of hydrogen-bond donors (Lipinski definition) is 1. The van der Waals surface area contributed by atoms with Crippen molar-refractivity contribution in [1.29, 1.82) is 0 Å².